The molecule has 0 spiro atoms. The fourth-order valence-corrected chi connectivity index (χ4v) is 5.31. The van der Waals surface area contributed by atoms with E-state index in [1.54, 1.807) is 7.11 Å². The number of rotatable bonds is 9. The number of methoxy groups -OCH3 is 1. The summed E-state index contributed by atoms with van der Waals surface area (Å²) in [6.07, 6.45) is 4.95. The number of aromatic nitrogens is 1. The number of carbonyl (C=O) groups is 2. The average Bonchev–Trinajstić information content (AvgIpc) is 3.46. The molecule has 1 aliphatic rings. The van der Waals surface area contributed by atoms with Crippen LogP contribution < -0.4 is 15.4 Å². The Kier molecular flexibility index (Phi) is 6.45. The second kappa shape index (κ2) is 9.82. The lowest BCUT2D eigenvalue weighted by Gasteiger charge is -2.30. The zero-order valence-electron chi connectivity index (χ0n) is 20.0. The minimum absolute atomic E-state index is 0.0153. The Labute approximate surface area is 205 Å². The van der Waals surface area contributed by atoms with Gasteiger partial charge in [-0.05, 0) is 53.8 Å². The van der Waals surface area contributed by atoms with Gasteiger partial charge in [-0.2, -0.15) is 0 Å². The van der Waals surface area contributed by atoms with Crippen LogP contribution >= 0.6 is 0 Å². The van der Waals surface area contributed by atoms with Crippen molar-refractivity contribution in [2.45, 2.75) is 44.2 Å². The first-order chi connectivity index (χ1) is 17.1. The van der Waals surface area contributed by atoms with Gasteiger partial charge in [0.1, 0.15) is 5.75 Å². The predicted molar refractivity (Wildman–Crippen MR) is 138 cm³/mol. The predicted octanol–water partition coefficient (Wildman–Crippen LogP) is 4.59. The number of nitrogens with zero attached hydrogens (tertiary/aromatic N) is 1. The molecule has 0 saturated carbocycles. The molecule has 6 heteroatoms. The Morgan fingerprint density at radius 2 is 1.86 bits per heavy atom. The number of para-hydroxylation sites is 1. The molecule has 0 bridgehead atoms. The van der Waals surface area contributed by atoms with Crippen molar-refractivity contribution >= 4 is 33.5 Å². The first-order valence-corrected chi connectivity index (χ1v) is 12.2. The molecule has 1 atom stereocenters. The number of fused-ring (bicyclic) bond motifs is 2. The van der Waals surface area contributed by atoms with Crippen molar-refractivity contribution in [3.63, 3.8) is 0 Å². The van der Waals surface area contributed by atoms with Crippen LogP contribution in [0.1, 0.15) is 31.2 Å². The van der Waals surface area contributed by atoms with E-state index >= 15 is 0 Å². The van der Waals surface area contributed by atoms with E-state index in [0.29, 0.717) is 32.2 Å². The number of benzene rings is 3. The average molecular weight is 470 g/mol. The minimum Gasteiger partial charge on any atom is -0.496 e. The summed E-state index contributed by atoms with van der Waals surface area (Å²) in [5.74, 6) is 0.910. The first kappa shape index (κ1) is 23.0. The molecule has 6 nitrogen and oxygen atoms in total. The topological polar surface area (TPSA) is 72.4 Å². The third kappa shape index (κ3) is 4.87. The van der Waals surface area contributed by atoms with Crippen LogP contribution in [0.25, 0.3) is 21.7 Å². The fraction of sp³-hybridized carbons (Fsp3) is 0.310. The summed E-state index contributed by atoms with van der Waals surface area (Å²) < 4.78 is 7.69. The molecular formula is C29H31N3O3. The molecule has 1 fully saturated rings. The van der Waals surface area contributed by atoms with E-state index in [9.17, 15) is 9.59 Å². The third-order valence-electron chi connectivity index (χ3n) is 7.14. The zero-order chi connectivity index (χ0) is 24.3. The maximum atomic E-state index is 12.7. The van der Waals surface area contributed by atoms with Crippen molar-refractivity contribution in [3.8, 4) is 5.75 Å². The van der Waals surface area contributed by atoms with Gasteiger partial charge >= 0.3 is 0 Å². The normalized spacial score (nSPS) is 17.6. The van der Waals surface area contributed by atoms with Crippen molar-refractivity contribution in [2.75, 3.05) is 13.7 Å². The van der Waals surface area contributed by atoms with Gasteiger partial charge < -0.3 is 19.9 Å². The molecule has 0 radical (unpaired) electrons. The molecule has 35 heavy (non-hydrogen) atoms. The number of hydrogen-bond donors (Lipinski definition) is 2. The zero-order valence-corrected chi connectivity index (χ0v) is 20.0. The van der Waals surface area contributed by atoms with Crippen LogP contribution in [0.2, 0.25) is 0 Å². The number of hydrogen-bond acceptors (Lipinski definition) is 3. The molecule has 4 aromatic rings. The van der Waals surface area contributed by atoms with Gasteiger partial charge in [-0.1, -0.05) is 48.5 Å². The molecule has 2 N–H and O–H groups in total. The lowest BCUT2D eigenvalue weighted by molar-refractivity contribution is -0.122. The summed E-state index contributed by atoms with van der Waals surface area (Å²) in [5.41, 5.74) is 1.91. The molecule has 180 valence electrons. The minimum atomic E-state index is -0.414. The van der Waals surface area contributed by atoms with Crippen molar-refractivity contribution in [1.82, 2.24) is 15.2 Å². The summed E-state index contributed by atoms with van der Waals surface area (Å²) in [7, 11) is 1.68. The Balaban J connectivity index is 1.24. The van der Waals surface area contributed by atoms with Crippen LogP contribution in [-0.4, -0.2) is 35.6 Å². The molecule has 1 aromatic heterocycles. The van der Waals surface area contributed by atoms with Crippen LogP contribution in [0.5, 0.6) is 5.75 Å². The highest BCUT2D eigenvalue weighted by Crippen LogP contribution is 2.34. The Bertz CT molecular complexity index is 1380. The first-order valence-electron chi connectivity index (χ1n) is 12.2. The smallest absolute Gasteiger partial charge is 0.220 e. The van der Waals surface area contributed by atoms with Crippen LogP contribution in [0.3, 0.4) is 0 Å². The largest absolute Gasteiger partial charge is 0.496 e. The quantitative estimate of drug-likeness (QED) is 0.377. The maximum absolute atomic E-state index is 12.7. The van der Waals surface area contributed by atoms with E-state index < -0.39 is 5.54 Å². The maximum Gasteiger partial charge on any atom is 0.220 e. The van der Waals surface area contributed by atoms with Crippen molar-refractivity contribution in [1.29, 1.82) is 0 Å². The van der Waals surface area contributed by atoms with E-state index in [2.05, 4.69) is 57.8 Å². The number of nitrogens with one attached hydrogen (secondary N) is 2. The number of amides is 2. The summed E-state index contributed by atoms with van der Waals surface area (Å²) in [6, 6.07) is 22.6. The summed E-state index contributed by atoms with van der Waals surface area (Å²) >= 11 is 0. The highest BCUT2D eigenvalue weighted by Gasteiger charge is 2.38. The van der Waals surface area contributed by atoms with Gasteiger partial charge in [-0.3, -0.25) is 9.59 Å². The second-order valence-electron chi connectivity index (χ2n) is 9.40. The molecule has 0 aliphatic carbocycles. The highest BCUT2D eigenvalue weighted by atomic mass is 16.5. The molecular weight excluding hydrogens is 438 g/mol. The van der Waals surface area contributed by atoms with Gasteiger partial charge in [0, 0.05) is 48.6 Å². The molecule has 2 heterocycles. The van der Waals surface area contributed by atoms with Crippen LogP contribution in [0.15, 0.2) is 72.9 Å². The molecule has 2 amide bonds. The standard InChI is InChI=1S/C29H31N3O3/c1-35-26-11-10-22(23-7-3-4-8-24(23)26)20-29(16-13-28(34)31-29)15-12-27(33)30-17-19-32-18-14-21-6-2-5-9-25(21)32/h2-11,14,18H,12-13,15-17,19-20H2,1H3,(H,30,33)(H,31,34)/t29-/m0/s1. The van der Waals surface area contributed by atoms with Crippen LogP contribution in [0.4, 0.5) is 0 Å². The lowest BCUT2D eigenvalue weighted by Crippen LogP contribution is -2.44. The van der Waals surface area contributed by atoms with Gasteiger partial charge in [0.25, 0.3) is 0 Å². The van der Waals surface area contributed by atoms with Crippen molar-refractivity contribution < 1.29 is 14.3 Å². The third-order valence-corrected chi connectivity index (χ3v) is 7.14. The fourth-order valence-electron chi connectivity index (χ4n) is 5.31. The van der Waals surface area contributed by atoms with Gasteiger partial charge in [0.2, 0.25) is 11.8 Å². The summed E-state index contributed by atoms with van der Waals surface area (Å²) in [5, 5.41) is 9.64. The molecule has 1 saturated heterocycles. The molecule has 3 aromatic carbocycles. The van der Waals surface area contributed by atoms with Gasteiger partial charge in [0.15, 0.2) is 0 Å². The van der Waals surface area contributed by atoms with E-state index in [1.807, 2.05) is 30.3 Å². The summed E-state index contributed by atoms with van der Waals surface area (Å²) in [4.78, 5) is 24.9. The number of ether oxygens (including phenoxy) is 1. The molecule has 1 aliphatic heterocycles. The Morgan fingerprint density at radius 3 is 2.66 bits per heavy atom. The lowest BCUT2D eigenvalue weighted by atomic mass is 9.83. The van der Waals surface area contributed by atoms with Crippen LogP contribution in [-0.2, 0) is 22.6 Å². The Morgan fingerprint density at radius 1 is 1.06 bits per heavy atom. The van der Waals surface area contributed by atoms with E-state index in [1.165, 1.54) is 10.9 Å². The molecule has 0 unspecified atom stereocenters. The highest BCUT2D eigenvalue weighted by molar-refractivity contribution is 5.91. The summed E-state index contributed by atoms with van der Waals surface area (Å²) in [6.45, 7) is 1.29. The van der Waals surface area contributed by atoms with Gasteiger partial charge in [0.05, 0.1) is 7.11 Å². The van der Waals surface area contributed by atoms with E-state index in [4.69, 9.17) is 4.74 Å². The van der Waals surface area contributed by atoms with Crippen molar-refractivity contribution in [3.05, 3.63) is 78.5 Å². The van der Waals surface area contributed by atoms with Crippen LogP contribution in [0, 0.1) is 0 Å². The van der Waals surface area contributed by atoms with Gasteiger partial charge in [-0.25, -0.2) is 0 Å². The molecule has 5 rings (SSSR count). The Hall–Kier alpha value is -3.80. The van der Waals surface area contributed by atoms with Gasteiger partial charge in [-0.15, -0.1) is 0 Å². The van der Waals surface area contributed by atoms with Crippen molar-refractivity contribution in [2.24, 2.45) is 0 Å². The SMILES string of the molecule is COc1ccc(C[C@]2(CCC(=O)NCCn3ccc4ccccc43)CCC(=O)N2)c2ccccc12. The monoisotopic (exact) mass is 469 g/mol. The second-order valence-corrected chi connectivity index (χ2v) is 9.40. The number of carbonyl (C=O) groups excluding carboxylic acids is 2. The van der Waals surface area contributed by atoms with E-state index in [0.717, 1.165) is 35.1 Å². The van der Waals surface area contributed by atoms with E-state index in [-0.39, 0.29) is 11.8 Å².